The number of halogens is 2. The van der Waals surface area contributed by atoms with Crippen LogP contribution in [0.5, 0.6) is 5.75 Å². The number of thioether (sulfide) groups is 1. The molecule has 4 atom stereocenters. The molecule has 1 saturated heterocycles. The number of aromatic hydroxyl groups is 1. The molecule has 1 fully saturated rings. The lowest BCUT2D eigenvalue weighted by atomic mass is 10.1. The largest absolute Gasteiger partial charge is 0.503 e. The Bertz CT molecular complexity index is 1370. The van der Waals surface area contributed by atoms with Crippen LogP contribution in [0.4, 0.5) is 8.78 Å². The molecule has 0 spiro atoms. The Morgan fingerprint density at radius 1 is 1.38 bits per heavy atom. The zero-order chi connectivity index (χ0) is 24.1. The highest BCUT2D eigenvalue weighted by Gasteiger charge is 2.43. The third-order valence-electron chi connectivity index (χ3n) is 6.04. The van der Waals surface area contributed by atoms with Gasteiger partial charge in [0.15, 0.2) is 11.4 Å². The summed E-state index contributed by atoms with van der Waals surface area (Å²) in [6, 6.07) is 2.85. The van der Waals surface area contributed by atoms with Gasteiger partial charge < -0.3 is 14.6 Å². The lowest BCUT2D eigenvalue weighted by Gasteiger charge is -2.44. The summed E-state index contributed by atoms with van der Waals surface area (Å²) in [5.41, 5.74) is 2.32. The van der Waals surface area contributed by atoms with Gasteiger partial charge in [-0.05, 0) is 18.1 Å². The molecule has 1 amide bonds. The average Bonchev–Trinajstić information content (AvgIpc) is 3.27. The molecule has 1 aromatic carbocycles. The van der Waals surface area contributed by atoms with Crippen LogP contribution in [0.1, 0.15) is 28.0 Å². The van der Waals surface area contributed by atoms with Crippen molar-refractivity contribution in [1.29, 1.82) is 4.78 Å². The third kappa shape index (κ3) is 3.69. The Morgan fingerprint density at radius 2 is 2.18 bits per heavy atom. The Hall–Kier alpha value is -3.17. The van der Waals surface area contributed by atoms with Crippen molar-refractivity contribution in [3.8, 4) is 18.1 Å². The maximum Gasteiger partial charge on any atom is 0.276 e. The van der Waals surface area contributed by atoms with Crippen LogP contribution < -0.4 is 10.9 Å². The van der Waals surface area contributed by atoms with E-state index in [0.717, 1.165) is 6.07 Å². The van der Waals surface area contributed by atoms with Crippen molar-refractivity contribution in [3.63, 3.8) is 0 Å². The molecule has 3 unspecified atom stereocenters. The van der Waals surface area contributed by atoms with E-state index in [0.29, 0.717) is 17.7 Å². The van der Waals surface area contributed by atoms with E-state index in [2.05, 4.69) is 16.4 Å². The Kier molecular flexibility index (Phi) is 5.69. The number of carbonyl (C=O) groups is 1. The van der Waals surface area contributed by atoms with Gasteiger partial charge in [0.05, 0.1) is 23.5 Å². The maximum atomic E-state index is 14.0. The minimum atomic E-state index is -0.841. The minimum Gasteiger partial charge on any atom is -0.503 e. The molecular weight excluding hydrogens is 484 g/mol. The first-order valence-corrected chi connectivity index (χ1v) is 12.7. The van der Waals surface area contributed by atoms with Gasteiger partial charge in [-0.1, -0.05) is 34.4 Å². The van der Waals surface area contributed by atoms with E-state index >= 15 is 0 Å². The lowest BCUT2D eigenvalue weighted by molar-refractivity contribution is 0.0607. The summed E-state index contributed by atoms with van der Waals surface area (Å²) in [5, 5.41) is 14.3. The zero-order valence-electron chi connectivity index (χ0n) is 17.6. The van der Waals surface area contributed by atoms with E-state index in [-0.39, 0.29) is 29.3 Å². The molecule has 4 heterocycles. The first-order valence-electron chi connectivity index (χ1n) is 10.4. The smallest absolute Gasteiger partial charge is 0.276 e. The summed E-state index contributed by atoms with van der Waals surface area (Å²) in [6.45, 7) is 0.225. The predicted octanol–water partition coefficient (Wildman–Crippen LogP) is 1.97. The number of amides is 1. The molecule has 0 aliphatic carbocycles. The number of benzene rings is 1. The molecule has 0 saturated carbocycles. The molecule has 0 bridgehead atoms. The molecule has 1 aromatic heterocycles. The summed E-state index contributed by atoms with van der Waals surface area (Å²) in [7, 11) is -0.841. The molecule has 12 heteroatoms. The van der Waals surface area contributed by atoms with Crippen LogP contribution in [0.15, 0.2) is 34.3 Å². The average molecular weight is 504 g/mol. The van der Waals surface area contributed by atoms with Gasteiger partial charge in [-0.3, -0.25) is 19.8 Å². The zero-order valence-corrected chi connectivity index (χ0v) is 19.3. The third-order valence-corrected chi connectivity index (χ3v) is 8.84. The van der Waals surface area contributed by atoms with Crippen molar-refractivity contribution in [2.45, 2.75) is 36.2 Å². The second kappa shape index (κ2) is 8.56. The number of carbonyl (C=O) groups excluding carboxylic acids is 1. The number of hydrogen-bond acceptors (Lipinski definition) is 7. The maximum absolute atomic E-state index is 14.0. The number of terminal acetylenes is 1. The summed E-state index contributed by atoms with van der Waals surface area (Å²) in [5.74, 6) is 0.568. The van der Waals surface area contributed by atoms with Crippen molar-refractivity contribution < 1.29 is 18.7 Å². The summed E-state index contributed by atoms with van der Waals surface area (Å²) in [6.07, 6.45) is 7.76. The SMILES string of the molecule is C#C[C@@H]1CCS(=N)C2Cn3cc(C4=NNC(Cc5ccc(F)cc5F)S4)c(=O)c(O)c3C(=O)N21. The normalized spacial score (nSPS) is 25.7. The number of pyridine rings is 1. The molecule has 34 heavy (non-hydrogen) atoms. The minimum absolute atomic E-state index is 0.0938. The lowest BCUT2D eigenvalue weighted by Crippen LogP contribution is -2.58. The van der Waals surface area contributed by atoms with Crippen LogP contribution in [0.25, 0.3) is 0 Å². The highest BCUT2D eigenvalue weighted by molar-refractivity contribution is 8.15. The van der Waals surface area contributed by atoms with Crippen LogP contribution in [-0.2, 0) is 23.7 Å². The first-order chi connectivity index (χ1) is 16.3. The number of rotatable bonds is 3. The van der Waals surface area contributed by atoms with E-state index in [1.807, 2.05) is 0 Å². The fraction of sp³-hybridized carbons (Fsp3) is 0.318. The molecule has 5 rings (SSSR count). The Morgan fingerprint density at radius 3 is 2.91 bits per heavy atom. The molecular formula is C22H19F2N5O3S2. The molecule has 3 N–H and O–H groups in total. The van der Waals surface area contributed by atoms with Gasteiger partial charge in [0, 0.05) is 24.4 Å². The van der Waals surface area contributed by atoms with Gasteiger partial charge >= 0.3 is 0 Å². The highest BCUT2D eigenvalue weighted by Crippen LogP contribution is 2.32. The molecule has 0 radical (unpaired) electrons. The number of fused-ring (bicyclic) bond motifs is 2. The van der Waals surface area contributed by atoms with E-state index in [1.54, 1.807) is 0 Å². The van der Waals surface area contributed by atoms with Gasteiger partial charge in [-0.25, -0.2) is 8.78 Å². The van der Waals surface area contributed by atoms with Crippen molar-refractivity contribution in [1.82, 2.24) is 14.9 Å². The van der Waals surface area contributed by atoms with Crippen LogP contribution in [-0.4, -0.2) is 48.1 Å². The quantitative estimate of drug-likeness (QED) is 0.555. The van der Waals surface area contributed by atoms with Crippen molar-refractivity contribution in [2.75, 3.05) is 5.75 Å². The van der Waals surface area contributed by atoms with E-state index < -0.39 is 56.2 Å². The first kappa shape index (κ1) is 22.6. The van der Waals surface area contributed by atoms with E-state index in [1.165, 1.54) is 39.6 Å². The van der Waals surface area contributed by atoms with Crippen LogP contribution in [0.3, 0.4) is 0 Å². The van der Waals surface area contributed by atoms with Gasteiger partial charge in [-0.2, -0.15) is 5.10 Å². The van der Waals surface area contributed by atoms with Gasteiger partial charge in [0.1, 0.15) is 22.1 Å². The Labute approximate surface area is 199 Å². The van der Waals surface area contributed by atoms with Gasteiger partial charge in [0.25, 0.3) is 5.91 Å². The van der Waals surface area contributed by atoms with E-state index in [9.17, 15) is 23.5 Å². The number of nitrogens with zero attached hydrogens (tertiary/aromatic N) is 3. The summed E-state index contributed by atoms with van der Waals surface area (Å²) >= 11 is 1.17. The highest BCUT2D eigenvalue weighted by atomic mass is 32.2. The fourth-order valence-corrected chi connectivity index (χ4v) is 6.96. The van der Waals surface area contributed by atoms with Crippen molar-refractivity contribution in [2.24, 2.45) is 5.10 Å². The summed E-state index contributed by atoms with van der Waals surface area (Å²) in [4.78, 5) is 27.6. The molecule has 8 nitrogen and oxygen atoms in total. The molecule has 176 valence electrons. The van der Waals surface area contributed by atoms with Gasteiger partial charge in [0.2, 0.25) is 5.43 Å². The van der Waals surface area contributed by atoms with Crippen LogP contribution in [0.2, 0.25) is 0 Å². The molecule has 3 aliphatic rings. The van der Waals surface area contributed by atoms with E-state index in [4.69, 9.17) is 11.2 Å². The molecule has 2 aromatic rings. The number of nitrogens with one attached hydrogen (secondary N) is 2. The van der Waals surface area contributed by atoms with Gasteiger partial charge in [-0.15, -0.1) is 6.42 Å². The second-order valence-corrected chi connectivity index (χ2v) is 11.1. The van der Waals surface area contributed by atoms with Crippen molar-refractivity contribution in [3.05, 3.63) is 63.1 Å². The Balaban J connectivity index is 1.44. The topological polar surface area (TPSA) is 111 Å². The predicted molar refractivity (Wildman–Crippen MR) is 126 cm³/mol. The second-order valence-electron chi connectivity index (χ2n) is 8.09. The number of aromatic nitrogens is 1. The number of hydrazone groups is 1. The monoisotopic (exact) mass is 503 g/mol. The van der Waals surface area contributed by atoms with Crippen LogP contribution >= 0.6 is 11.8 Å². The standard InChI is InChI=1S/C22H19F2N5O3S2/c1-2-13-5-6-34(25)17-10-28-9-14(19(30)20(31)18(28)22(32)29(13)17)21-27-26-16(33-21)7-11-3-4-12(23)8-15(11)24/h1,3-4,8-9,13,16-17,25-26,31H,5-7,10H2/t13-,16?,17?,34?/m1/s1. The van der Waals surface area contributed by atoms with Crippen molar-refractivity contribution >= 4 is 33.4 Å². The molecule has 3 aliphatic heterocycles. The summed E-state index contributed by atoms with van der Waals surface area (Å²) < 4.78 is 37.1. The number of hydrogen-bond donors (Lipinski definition) is 3. The fourth-order valence-electron chi connectivity index (χ4n) is 4.34. The van der Waals surface area contributed by atoms with Crippen LogP contribution in [0, 0.1) is 28.8 Å².